The number of carbonyl (C=O) groups is 1. The summed E-state index contributed by atoms with van der Waals surface area (Å²) in [6.07, 6.45) is 3.11. The lowest BCUT2D eigenvalue weighted by Gasteiger charge is -2.08. The van der Waals surface area contributed by atoms with E-state index in [1.54, 1.807) is 29.5 Å². The molecule has 28 heavy (non-hydrogen) atoms. The van der Waals surface area contributed by atoms with Crippen molar-refractivity contribution in [1.82, 2.24) is 14.8 Å². The second kappa shape index (κ2) is 9.84. The van der Waals surface area contributed by atoms with Gasteiger partial charge in [0.15, 0.2) is 11.0 Å². The predicted molar refractivity (Wildman–Crippen MR) is 113 cm³/mol. The quantitative estimate of drug-likeness (QED) is 0.483. The highest BCUT2D eigenvalue weighted by atomic mass is 32.2. The van der Waals surface area contributed by atoms with E-state index in [1.807, 2.05) is 0 Å². The molecule has 0 unspecified atom stereocenters. The number of thioether (sulfide) groups is 1. The first kappa shape index (κ1) is 20.5. The lowest BCUT2D eigenvalue weighted by atomic mass is 10.2. The van der Waals surface area contributed by atoms with E-state index >= 15 is 0 Å². The van der Waals surface area contributed by atoms with Gasteiger partial charge in [0.2, 0.25) is 5.91 Å². The second-order valence-corrected chi connectivity index (χ2v) is 8.26. The third kappa shape index (κ3) is 4.99. The molecule has 0 aliphatic heterocycles. The lowest BCUT2D eigenvalue weighted by Crippen LogP contribution is -2.15. The molecule has 148 valence electrons. The first-order valence-corrected chi connectivity index (χ1v) is 11.2. The Balaban J connectivity index is 1.70. The van der Waals surface area contributed by atoms with E-state index < -0.39 is 5.82 Å². The van der Waals surface area contributed by atoms with Gasteiger partial charge >= 0.3 is 0 Å². The average molecular weight is 419 g/mol. The van der Waals surface area contributed by atoms with Crippen LogP contribution in [0.15, 0.2) is 40.9 Å². The zero-order valence-corrected chi connectivity index (χ0v) is 17.6. The Kier molecular flexibility index (Phi) is 7.22. The number of hydrogen-bond donors (Lipinski definition) is 1. The van der Waals surface area contributed by atoms with Crippen molar-refractivity contribution in [3.63, 3.8) is 0 Å². The van der Waals surface area contributed by atoms with Gasteiger partial charge in [0, 0.05) is 22.4 Å². The fraction of sp³-hybridized carbons (Fsp3) is 0.350. The van der Waals surface area contributed by atoms with E-state index in [0.717, 1.165) is 37.2 Å². The Morgan fingerprint density at radius 2 is 2.07 bits per heavy atom. The molecule has 1 amide bonds. The highest BCUT2D eigenvalue weighted by Gasteiger charge is 2.17. The minimum atomic E-state index is -0.447. The van der Waals surface area contributed by atoms with Crippen LogP contribution in [0.5, 0.6) is 0 Å². The van der Waals surface area contributed by atoms with Crippen LogP contribution in [-0.2, 0) is 17.8 Å². The number of para-hydroxylation sites is 1. The lowest BCUT2D eigenvalue weighted by molar-refractivity contribution is -0.113. The molecule has 0 bridgehead atoms. The minimum Gasteiger partial charge on any atom is -0.323 e. The molecular weight excluding hydrogens is 395 g/mol. The van der Waals surface area contributed by atoms with Crippen LogP contribution < -0.4 is 5.32 Å². The van der Waals surface area contributed by atoms with Crippen molar-refractivity contribution in [2.75, 3.05) is 11.1 Å². The maximum absolute atomic E-state index is 13.7. The summed E-state index contributed by atoms with van der Waals surface area (Å²) in [6.45, 7) is 5.04. The topological polar surface area (TPSA) is 59.8 Å². The highest BCUT2D eigenvalue weighted by molar-refractivity contribution is 7.99. The summed E-state index contributed by atoms with van der Waals surface area (Å²) in [5.41, 5.74) is 1.25. The molecule has 0 radical (unpaired) electrons. The summed E-state index contributed by atoms with van der Waals surface area (Å²) in [4.78, 5) is 13.5. The number of nitrogens with zero attached hydrogens (tertiary/aromatic N) is 3. The Bertz CT molecular complexity index is 938. The second-order valence-electron chi connectivity index (χ2n) is 6.33. The molecule has 8 heteroatoms. The van der Waals surface area contributed by atoms with E-state index in [0.29, 0.717) is 5.16 Å². The summed E-state index contributed by atoms with van der Waals surface area (Å²) >= 11 is 3.05. The maximum atomic E-state index is 13.7. The molecule has 0 aliphatic rings. The molecule has 1 N–H and O–H groups in total. The van der Waals surface area contributed by atoms with Gasteiger partial charge in [0.1, 0.15) is 5.82 Å². The van der Waals surface area contributed by atoms with Crippen molar-refractivity contribution in [1.29, 1.82) is 0 Å². The molecule has 2 aromatic heterocycles. The summed E-state index contributed by atoms with van der Waals surface area (Å²) in [7, 11) is 0. The Morgan fingerprint density at radius 3 is 2.82 bits per heavy atom. The van der Waals surface area contributed by atoms with E-state index in [-0.39, 0.29) is 17.3 Å². The average Bonchev–Trinajstić information content (AvgIpc) is 3.29. The van der Waals surface area contributed by atoms with Crippen LogP contribution in [0.3, 0.4) is 0 Å². The zero-order valence-electron chi connectivity index (χ0n) is 15.9. The fourth-order valence-electron chi connectivity index (χ4n) is 2.79. The largest absolute Gasteiger partial charge is 0.323 e. The summed E-state index contributed by atoms with van der Waals surface area (Å²) in [5.74, 6) is 0.250. The first-order valence-electron chi connectivity index (χ1n) is 9.30. The van der Waals surface area contributed by atoms with Gasteiger partial charge < -0.3 is 9.88 Å². The molecule has 0 saturated carbocycles. The van der Waals surface area contributed by atoms with Crippen molar-refractivity contribution < 1.29 is 9.18 Å². The Hall–Kier alpha value is -2.19. The van der Waals surface area contributed by atoms with Crippen LogP contribution >= 0.6 is 23.1 Å². The van der Waals surface area contributed by atoms with Gasteiger partial charge in [-0.05, 0) is 31.0 Å². The number of aromatic nitrogens is 3. The highest BCUT2D eigenvalue weighted by Crippen LogP contribution is 2.28. The number of anilines is 1. The van der Waals surface area contributed by atoms with Gasteiger partial charge in [0.05, 0.1) is 11.4 Å². The SMILES string of the molecule is CCCc1cc(-c2nnc(SCC(=O)Nc3ccccc3F)n2CCC)cs1. The van der Waals surface area contributed by atoms with Gasteiger partial charge in [-0.3, -0.25) is 4.79 Å². The Labute approximate surface area is 172 Å². The number of thiophene rings is 1. The number of aryl methyl sites for hydroxylation is 1. The summed E-state index contributed by atoms with van der Waals surface area (Å²) < 4.78 is 15.7. The normalized spacial score (nSPS) is 11.0. The smallest absolute Gasteiger partial charge is 0.234 e. The van der Waals surface area contributed by atoms with Crippen LogP contribution in [0.4, 0.5) is 10.1 Å². The van der Waals surface area contributed by atoms with Gasteiger partial charge in [-0.2, -0.15) is 0 Å². The van der Waals surface area contributed by atoms with E-state index in [2.05, 4.69) is 45.4 Å². The summed E-state index contributed by atoms with van der Waals surface area (Å²) in [5, 5.41) is 14.1. The van der Waals surface area contributed by atoms with Gasteiger partial charge in [-0.15, -0.1) is 21.5 Å². The number of halogens is 1. The van der Waals surface area contributed by atoms with Crippen LogP contribution in [0.2, 0.25) is 0 Å². The fourth-order valence-corrected chi connectivity index (χ4v) is 4.52. The molecule has 0 spiro atoms. The Morgan fingerprint density at radius 1 is 1.25 bits per heavy atom. The molecule has 3 aromatic rings. The summed E-state index contributed by atoms with van der Waals surface area (Å²) in [6, 6.07) is 8.30. The van der Waals surface area contributed by atoms with Crippen molar-refractivity contribution in [3.8, 4) is 11.4 Å². The first-order chi connectivity index (χ1) is 13.6. The van der Waals surface area contributed by atoms with Gasteiger partial charge in [-0.25, -0.2) is 4.39 Å². The maximum Gasteiger partial charge on any atom is 0.234 e. The minimum absolute atomic E-state index is 0.140. The third-order valence-corrected chi connectivity index (χ3v) is 6.02. The molecule has 3 rings (SSSR count). The standard InChI is InChI=1S/C20H23FN4OS2/c1-3-7-15-11-14(12-27-15)19-23-24-20(25(19)10-4-2)28-13-18(26)22-17-9-6-5-8-16(17)21/h5-6,8-9,11-12H,3-4,7,10,13H2,1-2H3,(H,22,26). The van der Waals surface area contributed by atoms with Gasteiger partial charge in [0.25, 0.3) is 0 Å². The number of rotatable bonds is 9. The van der Waals surface area contributed by atoms with E-state index in [1.165, 1.54) is 22.7 Å². The molecule has 1 aromatic carbocycles. The zero-order chi connectivity index (χ0) is 19.9. The van der Waals surface area contributed by atoms with E-state index in [4.69, 9.17) is 0 Å². The van der Waals surface area contributed by atoms with Crippen LogP contribution in [0, 0.1) is 5.82 Å². The third-order valence-electron chi connectivity index (χ3n) is 4.05. The number of benzene rings is 1. The van der Waals surface area contributed by atoms with Crippen molar-refractivity contribution in [2.45, 2.75) is 44.8 Å². The van der Waals surface area contributed by atoms with Crippen molar-refractivity contribution in [2.24, 2.45) is 0 Å². The van der Waals surface area contributed by atoms with Gasteiger partial charge in [-0.1, -0.05) is 44.2 Å². The molecule has 2 heterocycles. The van der Waals surface area contributed by atoms with Crippen molar-refractivity contribution in [3.05, 3.63) is 46.4 Å². The molecule has 5 nitrogen and oxygen atoms in total. The van der Waals surface area contributed by atoms with Crippen molar-refractivity contribution >= 4 is 34.7 Å². The monoisotopic (exact) mass is 418 g/mol. The molecular formula is C20H23FN4OS2. The molecule has 0 saturated heterocycles. The predicted octanol–water partition coefficient (Wildman–Crippen LogP) is 5.24. The molecule has 0 atom stereocenters. The number of carbonyl (C=O) groups excluding carboxylic acids is 1. The molecule has 0 fully saturated rings. The van der Waals surface area contributed by atoms with E-state index in [9.17, 15) is 9.18 Å². The molecule has 0 aliphatic carbocycles. The number of hydrogen-bond acceptors (Lipinski definition) is 5. The van der Waals surface area contributed by atoms with Crippen LogP contribution in [0.1, 0.15) is 31.6 Å². The van der Waals surface area contributed by atoms with Crippen LogP contribution in [-0.4, -0.2) is 26.4 Å². The number of nitrogens with one attached hydrogen (secondary N) is 1. The van der Waals surface area contributed by atoms with Crippen LogP contribution in [0.25, 0.3) is 11.4 Å². The number of amides is 1.